The molecular formula is C17H19N5O3S. The second kappa shape index (κ2) is 7.22. The molecule has 1 aromatic carbocycles. The first-order chi connectivity index (χ1) is 12.4. The molecule has 9 heteroatoms. The maximum absolute atomic E-state index is 12.5. The van der Waals surface area contributed by atoms with Gasteiger partial charge in [0.15, 0.2) is 11.5 Å². The molecule has 0 saturated carbocycles. The van der Waals surface area contributed by atoms with Crippen molar-refractivity contribution in [3.63, 3.8) is 0 Å². The molecule has 8 nitrogen and oxygen atoms in total. The van der Waals surface area contributed by atoms with E-state index in [1.54, 1.807) is 24.3 Å². The highest BCUT2D eigenvalue weighted by Crippen LogP contribution is 2.15. The van der Waals surface area contributed by atoms with E-state index in [4.69, 9.17) is 0 Å². The summed E-state index contributed by atoms with van der Waals surface area (Å²) in [4.78, 5) is 12.6. The van der Waals surface area contributed by atoms with Gasteiger partial charge in [0.2, 0.25) is 10.0 Å². The van der Waals surface area contributed by atoms with Gasteiger partial charge in [0.25, 0.3) is 5.91 Å². The van der Waals surface area contributed by atoms with Crippen molar-refractivity contribution in [2.45, 2.75) is 24.8 Å². The van der Waals surface area contributed by atoms with Crippen LogP contribution in [0.3, 0.4) is 0 Å². The van der Waals surface area contributed by atoms with E-state index in [1.165, 1.54) is 18.2 Å². The molecule has 3 rings (SSSR count). The highest BCUT2D eigenvalue weighted by Gasteiger charge is 2.19. The Kier molecular flexibility index (Phi) is 5.01. The lowest BCUT2D eigenvalue weighted by atomic mass is 10.2. The zero-order valence-electron chi connectivity index (χ0n) is 14.4. The van der Waals surface area contributed by atoms with Crippen LogP contribution < -0.4 is 10.0 Å². The lowest BCUT2D eigenvalue weighted by molar-refractivity contribution is 0.0938. The summed E-state index contributed by atoms with van der Waals surface area (Å²) in [5.74, 6) is 0.198. The first kappa shape index (κ1) is 18.0. The van der Waals surface area contributed by atoms with Crippen molar-refractivity contribution >= 4 is 21.6 Å². The molecule has 0 aliphatic rings. The van der Waals surface area contributed by atoms with Crippen LogP contribution in [0, 0.1) is 0 Å². The summed E-state index contributed by atoms with van der Waals surface area (Å²) in [7, 11) is -3.62. The molecule has 2 heterocycles. The normalized spacial score (nSPS) is 12.8. The molecule has 0 aliphatic carbocycles. The zero-order chi connectivity index (χ0) is 18.7. The fourth-order valence-electron chi connectivity index (χ4n) is 2.58. The Morgan fingerprint density at radius 3 is 2.77 bits per heavy atom. The van der Waals surface area contributed by atoms with Crippen molar-refractivity contribution in [3.05, 3.63) is 60.0 Å². The maximum atomic E-state index is 12.5. The smallest absolute Gasteiger partial charge is 0.251 e. The predicted octanol–water partition coefficient (Wildman–Crippen LogP) is 1.52. The molecule has 0 saturated heterocycles. The summed E-state index contributed by atoms with van der Waals surface area (Å²) in [5.41, 5.74) is 0.937. The number of nitrogens with zero attached hydrogens (tertiary/aromatic N) is 3. The first-order valence-electron chi connectivity index (χ1n) is 8.12. The number of fused-ring (bicyclic) bond motifs is 1. The number of benzene rings is 1. The number of carbonyl (C=O) groups is 1. The Hall–Kier alpha value is -2.78. The minimum absolute atomic E-state index is 0.0487. The predicted molar refractivity (Wildman–Crippen MR) is 96.2 cm³/mol. The molecule has 1 amide bonds. The molecular weight excluding hydrogens is 354 g/mol. The number of pyridine rings is 1. The van der Waals surface area contributed by atoms with Crippen LogP contribution >= 0.6 is 0 Å². The van der Waals surface area contributed by atoms with Crippen molar-refractivity contribution < 1.29 is 13.2 Å². The van der Waals surface area contributed by atoms with Gasteiger partial charge >= 0.3 is 0 Å². The van der Waals surface area contributed by atoms with Crippen molar-refractivity contribution in [1.29, 1.82) is 0 Å². The van der Waals surface area contributed by atoms with Gasteiger partial charge in [-0.2, -0.15) is 0 Å². The van der Waals surface area contributed by atoms with Gasteiger partial charge in [0.05, 0.1) is 10.9 Å². The number of rotatable bonds is 6. The van der Waals surface area contributed by atoms with Gasteiger partial charge in [-0.05, 0) is 37.3 Å². The van der Waals surface area contributed by atoms with E-state index in [9.17, 15) is 13.2 Å². The minimum atomic E-state index is -3.62. The van der Waals surface area contributed by atoms with Gasteiger partial charge in [-0.1, -0.05) is 19.1 Å². The Labute approximate surface area is 151 Å². The molecule has 26 heavy (non-hydrogen) atoms. The third-order valence-corrected chi connectivity index (χ3v) is 5.36. The number of carbonyl (C=O) groups excluding carboxylic acids is 1. The van der Waals surface area contributed by atoms with Gasteiger partial charge in [-0.15, -0.1) is 10.2 Å². The van der Waals surface area contributed by atoms with Crippen LogP contribution in [0.25, 0.3) is 5.65 Å². The topological polar surface area (TPSA) is 105 Å². The van der Waals surface area contributed by atoms with E-state index in [1.807, 2.05) is 24.4 Å². The van der Waals surface area contributed by atoms with Crippen LogP contribution in [-0.2, 0) is 10.0 Å². The summed E-state index contributed by atoms with van der Waals surface area (Å²) in [5, 5.41) is 11.0. The second-order valence-electron chi connectivity index (χ2n) is 5.71. The molecule has 3 aromatic rings. The van der Waals surface area contributed by atoms with Crippen LogP contribution in [0.2, 0.25) is 0 Å². The van der Waals surface area contributed by atoms with Crippen molar-refractivity contribution in [2.24, 2.45) is 0 Å². The maximum Gasteiger partial charge on any atom is 0.251 e. The quantitative estimate of drug-likeness (QED) is 0.681. The Morgan fingerprint density at radius 1 is 1.19 bits per heavy atom. The first-order valence-corrected chi connectivity index (χ1v) is 9.61. The largest absolute Gasteiger partial charge is 0.342 e. The van der Waals surface area contributed by atoms with E-state index in [2.05, 4.69) is 20.2 Å². The summed E-state index contributed by atoms with van der Waals surface area (Å²) < 4.78 is 28.4. The molecule has 0 fully saturated rings. The highest BCUT2D eigenvalue weighted by atomic mass is 32.2. The van der Waals surface area contributed by atoms with E-state index >= 15 is 0 Å². The fraction of sp³-hybridized carbons (Fsp3) is 0.235. The number of sulfonamides is 1. The molecule has 0 radical (unpaired) electrons. The molecule has 1 unspecified atom stereocenters. The van der Waals surface area contributed by atoms with Gasteiger partial charge in [0.1, 0.15) is 0 Å². The molecule has 136 valence electrons. The SMILES string of the molecule is CCNS(=O)(=O)c1cccc(C(=O)NC(C)c2nnc3ccccn23)c1. The van der Waals surface area contributed by atoms with E-state index in [0.29, 0.717) is 11.5 Å². The van der Waals surface area contributed by atoms with Gasteiger partial charge < -0.3 is 5.32 Å². The number of amides is 1. The van der Waals surface area contributed by atoms with Crippen molar-refractivity contribution in [1.82, 2.24) is 24.6 Å². The Balaban J connectivity index is 1.82. The van der Waals surface area contributed by atoms with Gasteiger partial charge in [-0.3, -0.25) is 9.20 Å². The summed E-state index contributed by atoms with van der Waals surface area (Å²) in [6.45, 7) is 3.76. The van der Waals surface area contributed by atoms with Crippen molar-refractivity contribution in [2.75, 3.05) is 6.54 Å². The Morgan fingerprint density at radius 2 is 2.00 bits per heavy atom. The fourth-order valence-corrected chi connectivity index (χ4v) is 3.66. The monoisotopic (exact) mass is 373 g/mol. The third-order valence-electron chi connectivity index (χ3n) is 3.82. The van der Waals surface area contributed by atoms with Crippen molar-refractivity contribution in [3.8, 4) is 0 Å². The number of hydrogen-bond acceptors (Lipinski definition) is 5. The number of nitrogens with one attached hydrogen (secondary N) is 2. The van der Waals surface area contributed by atoms with E-state index in [0.717, 1.165) is 0 Å². The molecule has 2 N–H and O–H groups in total. The number of aromatic nitrogens is 3. The third kappa shape index (κ3) is 3.58. The van der Waals surface area contributed by atoms with Crippen LogP contribution in [0.15, 0.2) is 53.6 Å². The average Bonchev–Trinajstić information content (AvgIpc) is 3.06. The van der Waals surface area contributed by atoms with Gasteiger partial charge in [-0.25, -0.2) is 13.1 Å². The van der Waals surface area contributed by atoms with Crippen LogP contribution in [0.4, 0.5) is 0 Å². The highest BCUT2D eigenvalue weighted by molar-refractivity contribution is 7.89. The second-order valence-corrected chi connectivity index (χ2v) is 7.48. The molecule has 0 spiro atoms. The van der Waals surface area contributed by atoms with Crippen LogP contribution in [-0.4, -0.2) is 35.5 Å². The molecule has 2 aromatic heterocycles. The number of hydrogen-bond donors (Lipinski definition) is 2. The average molecular weight is 373 g/mol. The van der Waals surface area contributed by atoms with Gasteiger partial charge in [0, 0.05) is 18.3 Å². The summed E-state index contributed by atoms with van der Waals surface area (Å²) in [6.07, 6.45) is 1.82. The Bertz CT molecular complexity index is 1050. The van der Waals surface area contributed by atoms with E-state index < -0.39 is 22.0 Å². The zero-order valence-corrected chi connectivity index (χ0v) is 15.2. The van der Waals surface area contributed by atoms with E-state index in [-0.39, 0.29) is 17.0 Å². The molecule has 0 aliphatic heterocycles. The van der Waals surface area contributed by atoms with Crippen LogP contribution in [0.5, 0.6) is 0 Å². The minimum Gasteiger partial charge on any atom is -0.342 e. The lowest BCUT2D eigenvalue weighted by Crippen LogP contribution is -2.28. The lowest BCUT2D eigenvalue weighted by Gasteiger charge is -2.13. The summed E-state index contributed by atoms with van der Waals surface area (Å²) >= 11 is 0. The standard InChI is InChI=1S/C17H19N5O3S/c1-3-18-26(24,25)14-8-6-7-13(11-14)17(23)19-12(2)16-21-20-15-9-4-5-10-22(15)16/h4-12,18H,3H2,1-2H3,(H,19,23). The molecule has 1 atom stereocenters. The van der Waals surface area contributed by atoms with Crippen LogP contribution in [0.1, 0.15) is 36.1 Å². The molecule has 0 bridgehead atoms. The summed E-state index contributed by atoms with van der Waals surface area (Å²) in [6, 6.07) is 11.0.